The Hall–Kier alpha value is -2.25. The molecule has 5 nitrogen and oxygen atoms in total. The third-order valence-corrected chi connectivity index (χ3v) is 4.98. The van der Waals surface area contributed by atoms with E-state index in [2.05, 4.69) is 0 Å². The van der Waals surface area contributed by atoms with E-state index >= 15 is 0 Å². The van der Waals surface area contributed by atoms with E-state index in [1.54, 1.807) is 35.5 Å². The lowest BCUT2D eigenvalue weighted by molar-refractivity contribution is -0.140. The van der Waals surface area contributed by atoms with Crippen LogP contribution in [-0.2, 0) is 27.4 Å². The summed E-state index contributed by atoms with van der Waals surface area (Å²) < 4.78 is 18.2. The molecule has 0 atom stereocenters. The van der Waals surface area contributed by atoms with Crippen LogP contribution < -0.4 is 0 Å². The number of amides is 2. The van der Waals surface area contributed by atoms with Crippen molar-refractivity contribution in [2.75, 3.05) is 26.8 Å². The average Bonchev–Trinajstić information content (AvgIpc) is 3.15. The molecule has 0 aliphatic carbocycles. The number of carbonyl (C=O) groups is 2. The normalized spacial score (nSPS) is 10.6. The lowest BCUT2D eigenvalue weighted by Crippen LogP contribution is -2.42. The number of rotatable bonds is 10. The number of halogens is 1. The van der Waals surface area contributed by atoms with Crippen molar-refractivity contribution in [3.63, 3.8) is 0 Å². The summed E-state index contributed by atoms with van der Waals surface area (Å²) in [7, 11) is 1.61. The lowest BCUT2D eigenvalue weighted by Gasteiger charge is -2.27. The maximum absolute atomic E-state index is 13.2. The van der Waals surface area contributed by atoms with Gasteiger partial charge in [-0.05, 0) is 35.6 Å². The van der Waals surface area contributed by atoms with E-state index in [4.69, 9.17) is 4.74 Å². The van der Waals surface area contributed by atoms with Crippen molar-refractivity contribution in [1.29, 1.82) is 0 Å². The fourth-order valence-corrected chi connectivity index (χ4v) is 3.36. The van der Waals surface area contributed by atoms with Gasteiger partial charge in [0, 0.05) is 38.6 Å². The lowest BCUT2D eigenvalue weighted by atomic mass is 10.2. The standard InChI is InChI=1S/C20H25FN2O3S/c1-16(24)22(10-4-11-26-2)15-20(25)23(14-19-5-3-12-27-19)13-17-6-8-18(21)9-7-17/h3,5-9,12H,4,10-11,13-15H2,1-2H3. The number of methoxy groups -OCH3 is 1. The molecule has 2 amide bonds. The molecule has 0 saturated carbocycles. The highest BCUT2D eigenvalue weighted by Gasteiger charge is 2.20. The van der Waals surface area contributed by atoms with E-state index in [9.17, 15) is 14.0 Å². The predicted octanol–water partition coefficient (Wildman–Crippen LogP) is 3.30. The molecule has 0 aliphatic heterocycles. The molecule has 0 unspecified atom stereocenters. The van der Waals surface area contributed by atoms with E-state index in [-0.39, 0.29) is 24.2 Å². The first-order valence-electron chi connectivity index (χ1n) is 8.78. The van der Waals surface area contributed by atoms with Crippen molar-refractivity contribution in [3.8, 4) is 0 Å². The second-order valence-electron chi connectivity index (χ2n) is 6.24. The smallest absolute Gasteiger partial charge is 0.242 e. The zero-order valence-electron chi connectivity index (χ0n) is 15.7. The summed E-state index contributed by atoms with van der Waals surface area (Å²) in [4.78, 5) is 29.1. The van der Waals surface area contributed by atoms with Crippen LogP contribution in [0, 0.1) is 5.82 Å². The van der Waals surface area contributed by atoms with Crippen molar-refractivity contribution in [2.45, 2.75) is 26.4 Å². The summed E-state index contributed by atoms with van der Waals surface area (Å²) in [5.74, 6) is -0.589. The number of hydrogen-bond acceptors (Lipinski definition) is 4. The Morgan fingerprint density at radius 3 is 2.44 bits per heavy atom. The van der Waals surface area contributed by atoms with Crippen LogP contribution in [-0.4, -0.2) is 48.4 Å². The summed E-state index contributed by atoms with van der Waals surface area (Å²) in [5.41, 5.74) is 0.843. The molecule has 0 radical (unpaired) electrons. The van der Waals surface area contributed by atoms with Crippen molar-refractivity contribution >= 4 is 23.2 Å². The molecule has 146 valence electrons. The van der Waals surface area contributed by atoms with Crippen LogP contribution in [0.5, 0.6) is 0 Å². The van der Waals surface area contributed by atoms with E-state index < -0.39 is 0 Å². The first-order valence-corrected chi connectivity index (χ1v) is 9.66. The summed E-state index contributed by atoms with van der Waals surface area (Å²) in [6.45, 7) is 3.30. The Labute approximate surface area is 163 Å². The molecule has 0 saturated heterocycles. The molecule has 1 aromatic heterocycles. The second-order valence-corrected chi connectivity index (χ2v) is 7.27. The number of ether oxygens (including phenoxy) is 1. The van der Waals surface area contributed by atoms with Gasteiger partial charge in [0.05, 0.1) is 13.1 Å². The monoisotopic (exact) mass is 392 g/mol. The summed E-state index contributed by atoms with van der Waals surface area (Å²) >= 11 is 1.57. The largest absolute Gasteiger partial charge is 0.385 e. The van der Waals surface area contributed by atoms with Gasteiger partial charge in [-0.3, -0.25) is 9.59 Å². The maximum Gasteiger partial charge on any atom is 0.242 e. The first-order chi connectivity index (χ1) is 13.0. The Kier molecular flexibility index (Phi) is 8.42. The van der Waals surface area contributed by atoms with E-state index in [0.29, 0.717) is 32.7 Å². The highest BCUT2D eigenvalue weighted by Crippen LogP contribution is 2.15. The molecule has 2 rings (SSSR count). The third kappa shape index (κ3) is 7.11. The quantitative estimate of drug-likeness (QED) is 0.583. The van der Waals surface area contributed by atoms with Gasteiger partial charge < -0.3 is 14.5 Å². The van der Waals surface area contributed by atoms with Gasteiger partial charge in [-0.1, -0.05) is 18.2 Å². The van der Waals surface area contributed by atoms with Crippen LogP contribution in [0.4, 0.5) is 4.39 Å². The molecule has 1 heterocycles. The van der Waals surface area contributed by atoms with Crippen LogP contribution in [0.2, 0.25) is 0 Å². The maximum atomic E-state index is 13.2. The Balaban J connectivity index is 2.08. The van der Waals surface area contributed by atoms with Gasteiger partial charge in [0.15, 0.2) is 0 Å². The number of nitrogens with zero attached hydrogens (tertiary/aromatic N) is 2. The molecule has 0 spiro atoms. The SMILES string of the molecule is COCCCN(CC(=O)N(Cc1ccc(F)cc1)Cc1cccs1)C(C)=O. The predicted molar refractivity (Wildman–Crippen MR) is 104 cm³/mol. The van der Waals surface area contributed by atoms with Gasteiger partial charge >= 0.3 is 0 Å². The van der Waals surface area contributed by atoms with E-state index in [0.717, 1.165) is 10.4 Å². The second kappa shape index (κ2) is 10.8. The van der Waals surface area contributed by atoms with E-state index in [1.165, 1.54) is 24.0 Å². The third-order valence-electron chi connectivity index (χ3n) is 4.11. The molecule has 27 heavy (non-hydrogen) atoms. The summed E-state index contributed by atoms with van der Waals surface area (Å²) in [5, 5.41) is 1.96. The number of carbonyl (C=O) groups excluding carboxylic acids is 2. The molecule has 1 aromatic carbocycles. The van der Waals surface area contributed by atoms with Gasteiger partial charge in [-0.15, -0.1) is 11.3 Å². The molecule has 0 aliphatic rings. The van der Waals surface area contributed by atoms with Crippen LogP contribution in [0.15, 0.2) is 41.8 Å². The van der Waals surface area contributed by atoms with Crippen LogP contribution in [0.1, 0.15) is 23.8 Å². The van der Waals surface area contributed by atoms with Gasteiger partial charge in [-0.2, -0.15) is 0 Å². The summed E-state index contributed by atoms with van der Waals surface area (Å²) in [6.07, 6.45) is 0.673. The fourth-order valence-electron chi connectivity index (χ4n) is 2.64. The topological polar surface area (TPSA) is 49.9 Å². The van der Waals surface area contributed by atoms with Gasteiger partial charge in [-0.25, -0.2) is 4.39 Å². The highest BCUT2D eigenvalue weighted by molar-refractivity contribution is 7.09. The molecule has 2 aromatic rings. The van der Waals surface area contributed by atoms with E-state index in [1.807, 2.05) is 17.5 Å². The number of hydrogen-bond donors (Lipinski definition) is 0. The zero-order chi connectivity index (χ0) is 19.6. The minimum absolute atomic E-state index is 0.0195. The number of benzene rings is 1. The Morgan fingerprint density at radius 2 is 1.85 bits per heavy atom. The summed E-state index contributed by atoms with van der Waals surface area (Å²) in [6, 6.07) is 10.0. The average molecular weight is 392 g/mol. The minimum Gasteiger partial charge on any atom is -0.385 e. The first kappa shape index (κ1) is 21.1. The Morgan fingerprint density at radius 1 is 1.11 bits per heavy atom. The Bertz CT molecular complexity index is 719. The van der Waals surface area contributed by atoms with Crippen molar-refractivity contribution < 1.29 is 18.7 Å². The van der Waals surface area contributed by atoms with Gasteiger partial charge in [0.1, 0.15) is 5.82 Å². The van der Waals surface area contributed by atoms with Crippen molar-refractivity contribution in [2.24, 2.45) is 0 Å². The molecule has 0 fully saturated rings. The minimum atomic E-state index is -0.309. The van der Waals surface area contributed by atoms with Crippen LogP contribution in [0.25, 0.3) is 0 Å². The molecule has 7 heteroatoms. The molecular formula is C20H25FN2O3S. The zero-order valence-corrected chi connectivity index (χ0v) is 16.5. The fraction of sp³-hybridized carbons (Fsp3) is 0.400. The van der Waals surface area contributed by atoms with Crippen molar-refractivity contribution in [3.05, 3.63) is 58.0 Å². The molecular weight excluding hydrogens is 367 g/mol. The van der Waals surface area contributed by atoms with Gasteiger partial charge in [0.25, 0.3) is 0 Å². The number of thiophene rings is 1. The molecule has 0 bridgehead atoms. The molecule has 0 N–H and O–H groups in total. The van der Waals surface area contributed by atoms with Crippen LogP contribution in [0.3, 0.4) is 0 Å². The highest BCUT2D eigenvalue weighted by atomic mass is 32.1. The van der Waals surface area contributed by atoms with Gasteiger partial charge in [0.2, 0.25) is 11.8 Å². The van der Waals surface area contributed by atoms with Crippen molar-refractivity contribution in [1.82, 2.24) is 9.80 Å². The van der Waals surface area contributed by atoms with Crippen LogP contribution >= 0.6 is 11.3 Å².